The second kappa shape index (κ2) is 6.20. The summed E-state index contributed by atoms with van der Waals surface area (Å²) in [4.78, 5) is 13.2. The van der Waals surface area contributed by atoms with E-state index in [1.807, 2.05) is 6.92 Å². The fourth-order valence-corrected chi connectivity index (χ4v) is 3.84. The minimum Gasteiger partial charge on any atom is -0.382 e. The molecule has 0 aliphatic heterocycles. The summed E-state index contributed by atoms with van der Waals surface area (Å²) in [5, 5.41) is 2.93. The topological polar surface area (TPSA) is 105 Å². The van der Waals surface area contributed by atoms with Gasteiger partial charge in [-0.25, -0.2) is 8.42 Å². The van der Waals surface area contributed by atoms with E-state index in [0.29, 0.717) is 11.5 Å². The van der Waals surface area contributed by atoms with Crippen LogP contribution in [-0.2, 0) is 14.6 Å². The monoisotopic (exact) mass is 306 g/mol. The molecule has 0 atom stereocenters. The first-order chi connectivity index (χ1) is 8.81. The molecular formula is C10H18N4O3S2. The number of amides is 1. The predicted molar refractivity (Wildman–Crippen MR) is 76.2 cm³/mol. The third-order valence-corrected chi connectivity index (χ3v) is 4.62. The maximum Gasteiger partial charge on any atom is 0.239 e. The van der Waals surface area contributed by atoms with Gasteiger partial charge in [-0.15, -0.1) is 0 Å². The molecule has 108 valence electrons. The van der Waals surface area contributed by atoms with Crippen molar-refractivity contribution in [2.24, 2.45) is 0 Å². The summed E-state index contributed by atoms with van der Waals surface area (Å²) < 4.78 is 27.4. The second-order valence-electron chi connectivity index (χ2n) is 4.07. The molecule has 0 unspecified atom stereocenters. The van der Waals surface area contributed by atoms with Crippen molar-refractivity contribution >= 4 is 38.1 Å². The van der Waals surface area contributed by atoms with E-state index in [2.05, 4.69) is 9.69 Å². The number of hydrogen-bond donors (Lipinski definition) is 2. The molecule has 0 spiro atoms. The standard InChI is InChI=1S/C10H18N4O3S2/c1-4-5-14(6-7(15)12-2)10-8(19(3,16)17)9(11)13-18-10/h4-6H2,1-3H3,(H2,11,13)(H,12,15). The van der Waals surface area contributed by atoms with Crippen molar-refractivity contribution in [1.82, 2.24) is 9.69 Å². The Labute approximate surface area is 116 Å². The number of likely N-dealkylation sites (N-methyl/N-ethyl adjacent to an activating group) is 1. The molecule has 3 N–H and O–H groups in total. The van der Waals surface area contributed by atoms with E-state index < -0.39 is 9.84 Å². The van der Waals surface area contributed by atoms with Gasteiger partial charge >= 0.3 is 0 Å². The summed E-state index contributed by atoms with van der Waals surface area (Å²) in [6.07, 6.45) is 1.86. The van der Waals surface area contributed by atoms with Gasteiger partial charge in [0.05, 0.1) is 6.54 Å². The van der Waals surface area contributed by atoms with Crippen LogP contribution >= 0.6 is 11.5 Å². The van der Waals surface area contributed by atoms with Gasteiger partial charge < -0.3 is 16.0 Å². The predicted octanol–water partition coefficient (Wildman–Crippen LogP) is 0.0912. The summed E-state index contributed by atoms with van der Waals surface area (Å²) in [5.41, 5.74) is 5.62. The first-order valence-electron chi connectivity index (χ1n) is 5.72. The number of aromatic nitrogens is 1. The highest BCUT2D eigenvalue weighted by molar-refractivity contribution is 7.91. The van der Waals surface area contributed by atoms with Gasteiger partial charge in [-0.05, 0) is 18.0 Å². The molecule has 1 amide bonds. The Kier molecular flexibility index (Phi) is 5.12. The van der Waals surface area contributed by atoms with Crippen LogP contribution in [0.5, 0.6) is 0 Å². The van der Waals surface area contributed by atoms with Crippen LogP contribution in [0.25, 0.3) is 0 Å². The van der Waals surface area contributed by atoms with E-state index in [9.17, 15) is 13.2 Å². The normalized spacial score (nSPS) is 11.3. The number of nitrogens with zero attached hydrogens (tertiary/aromatic N) is 2. The summed E-state index contributed by atoms with van der Waals surface area (Å²) in [7, 11) is -1.94. The number of carbonyl (C=O) groups excluding carboxylic acids is 1. The average molecular weight is 306 g/mol. The Bertz CT molecular complexity index is 553. The SMILES string of the molecule is CCCN(CC(=O)NC)c1snc(N)c1S(C)(=O)=O. The minimum absolute atomic E-state index is 0.00912. The fourth-order valence-electron chi connectivity index (χ4n) is 1.61. The van der Waals surface area contributed by atoms with E-state index in [0.717, 1.165) is 24.2 Å². The van der Waals surface area contributed by atoms with Crippen LogP contribution in [0.15, 0.2) is 4.90 Å². The van der Waals surface area contributed by atoms with Crippen molar-refractivity contribution in [1.29, 1.82) is 0 Å². The molecule has 0 fully saturated rings. The molecule has 1 aromatic heterocycles. The molecular weight excluding hydrogens is 288 g/mol. The number of nitrogen functional groups attached to an aromatic ring is 1. The number of hydrogen-bond acceptors (Lipinski definition) is 7. The molecule has 9 heteroatoms. The lowest BCUT2D eigenvalue weighted by Gasteiger charge is -2.22. The molecule has 19 heavy (non-hydrogen) atoms. The largest absolute Gasteiger partial charge is 0.382 e. The molecule has 7 nitrogen and oxygen atoms in total. The summed E-state index contributed by atoms with van der Waals surface area (Å²) >= 11 is 0.995. The Morgan fingerprint density at radius 1 is 1.53 bits per heavy atom. The van der Waals surface area contributed by atoms with Crippen LogP contribution in [0.1, 0.15) is 13.3 Å². The van der Waals surface area contributed by atoms with E-state index in [1.165, 1.54) is 7.05 Å². The first kappa shape index (κ1) is 15.7. The van der Waals surface area contributed by atoms with Crippen molar-refractivity contribution in [2.75, 3.05) is 37.0 Å². The zero-order valence-corrected chi connectivity index (χ0v) is 12.8. The highest BCUT2D eigenvalue weighted by Crippen LogP contribution is 2.34. The number of nitrogens with one attached hydrogen (secondary N) is 1. The minimum atomic E-state index is -3.48. The number of nitrogens with two attached hydrogens (primary N) is 1. The Balaban J connectivity index is 3.20. The third-order valence-electron chi connectivity index (χ3n) is 2.42. The summed E-state index contributed by atoms with van der Waals surface area (Å²) in [6.45, 7) is 2.58. The van der Waals surface area contributed by atoms with Crippen LogP contribution in [0, 0.1) is 0 Å². The van der Waals surface area contributed by atoms with Crippen molar-refractivity contribution in [2.45, 2.75) is 18.2 Å². The first-order valence-corrected chi connectivity index (χ1v) is 8.38. The van der Waals surface area contributed by atoms with Gasteiger partial charge in [0.1, 0.15) is 9.90 Å². The van der Waals surface area contributed by atoms with Crippen molar-refractivity contribution in [3.05, 3.63) is 0 Å². The maximum atomic E-state index is 11.8. The zero-order chi connectivity index (χ0) is 14.6. The molecule has 0 aromatic carbocycles. The van der Waals surface area contributed by atoms with Gasteiger partial charge in [-0.1, -0.05) is 6.92 Å². The van der Waals surface area contributed by atoms with Crippen LogP contribution < -0.4 is 16.0 Å². The highest BCUT2D eigenvalue weighted by Gasteiger charge is 2.25. The molecule has 0 saturated carbocycles. The maximum absolute atomic E-state index is 11.8. The smallest absolute Gasteiger partial charge is 0.239 e. The number of sulfone groups is 1. The van der Waals surface area contributed by atoms with Gasteiger partial charge in [0.15, 0.2) is 15.7 Å². The Morgan fingerprint density at radius 3 is 2.63 bits per heavy atom. The molecule has 0 aliphatic carbocycles. The van der Waals surface area contributed by atoms with E-state index in [4.69, 9.17) is 5.73 Å². The van der Waals surface area contributed by atoms with Gasteiger partial charge in [0, 0.05) is 19.8 Å². The zero-order valence-electron chi connectivity index (χ0n) is 11.1. The van der Waals surface area contributed by atoms with Crippen molar-refractivity contribution in [3.63, 3.8) is 0 Å². The van der Waals surface area contributed by atoms with Crippen LogP contribution in [0.3, 0.4) is 0 Å². The molecule has 1 aromatic rings. The molecule has 1 heterocycles. The van der Waals surface area contributed by atoms with Crippen LogP contribution in [0.4, 0.5) is 10.8 Å². The molecule has 0 saturated heterocycles. The fraction of sp³-hybridized carbons (Fsp3) is 0.600. The lowest BCUT2D eigenvalue weighted by atomic mass is 10.4. The number of carbonyl (C=O) groups is 1. The number of anilines is 2. The van der Waals surface area contributed by atoms with E-state index in [-0.39, 0.29) is 23.2 Å². The van der Waals surface area contributed by atoms with Crippen LogP contribution in [0.2, 0.25) is 0 Å². The lowest BCUT2D eigenvalue weighted by Crippen LogP contribution is -2.36. The Morgan fingerprint density at radius 2 is 2.16 bits per heavy atom. The number of rotatable bonds is 6. The van der Waals surface area contributed by atoms with E-state index >= 15 is 0 Å². The molecule has 1 rings (SSSR count). The van der Waals surface area contributed by atoms with Gasteiger partial charge in [-0.3, -0.25) is 4.79 Å². The van der Waals surface area contributed by atoms with Gasteiger partial charge in [0.2, 0.25) is 5.91 Å². The van der Waals surface area contributed by atoms with Crippen molar-refractivity contribution < 1.29 is 13.2 Å². The Hall–Kier alpha value is -1.35. The average Bonchev–Trinajstić information content (AvgIpc) is 2.70. The lowest BCUT2D eigenvalue weighted by molar-refractivity contribution is -0.119. The highest BCUT2D eigenvalue weighted by atomic mass is 32.2. The molecule has 0 aliphatic rings. The van der Waals surface area contributed by atoms with Gasteiger partial charge in [-0.2, -0.15) is 4.37 Å². The quantitative estimate of drug-likeness (QED) is 0.771. The van der Waals surface area contributed by atoms with Crippen LogP contribution in [-0.4, -0.2) is 45.1 Å². The summed E-state index contributed by atoms with van der Waals surface area (Å²) in [6, 6.07) is 0. The van der Waals surface area contributed by atoms with Gasteiger partial charge in [0.25, 0.3) is 0 Å². The molecule has 0 radical (unpaired) electrons. The van der Waals surface area contributed by atoms with E-state index in [1.54, 1.807) is 4.90 Å². The second-order valence-corrected chi connectivity index (χ2v) is 6.77. The summed E-state index contributed by atoms with van der Waals surface area (Å²) in [5.74, 6) is -0.208. The third kappa shape index (κ3) is 3.80. The van der Waals surface area contributed by atoms with Crippen molar-refractivity contribution in [3.8, 4) is 0 Å². The molecule has 0 bridgehead atoms.